The summed E-state index contributed by atoms with van der Waals surface area (Å²) in [4.78, 5) is 6.80. The van der Waals surface area contributed by atoms with Gasteiger partial charge in [0.15, 0.2) is 0 Å². The van der Waals surface area contributed by atoms with Gasteiger partial charge < -0.3 is 10.1 Å². The van der Waals surface area contributed by atoms with E-state index in [-0.39, 0.29) is 6.10 Å². The molecule has 1 saturated heterocycles. The van der Waals surface area contributed by atoms with E-state index in [0.717, 1.165) is 54.0 Å². The summed E-state index contributed by atoms with van der Waals surface area (Å²) in [6.07, 6.45) is 2.10. The van der Waals surface area contributed by atoms with Gasteiger partial charge in [0.2, 0.25) is 0 Å². The largest absolute Gasteiger partial charge is 0.374 e. The minimum atomic E-state index is 0.280. The highest BCUT2D eigenvalue weighted by atomic mass is 79.9. The lowest BCUT2D eigenvalue weighted by atomic mass is 10.2. The SMILES string of the molecule is CCN1CCOC(CNCc2ncc(Br)cc2Br)C1. The van der Waals surface area contributed by atoms with Crippen LogP contribution in [0.3, 0.4) is 0 Å². The molecule has 1 aliphatic heterocycles. The molecule has 106 valence electrons. The van der Waals surface area contributed by atoms with Crippen molar-refractivity contribution in [2.24, 2.45) is 0 Å². The van der Waals surface area contributed by atoms with E-state index in [0.29, 0.717) is 0 Å². The molecule has 1 aromatic rings. The normalized spacial score (nSPS) is 20.7. The maximum Gasteiger partial charge on any atom is 0.0826 e. The number of likely N-dealkylation sites (N-methyl/N-ethyl adjacent to an activating group) is 1. The van der Waals surface area contributed by atoms with Gasteiger partial charge >= 0.3 is 0 Å². The van der Waals surface area contributed by atoms with Crippen molar-refractivity contribution >= 4 is 31.9 Å². The summed E-state index contributed by atoms with van der Waals surface area (Å²) in [5.74, 6) is 0. The Morgan fingerprint density at radius 2 is 2.37 bits per heavy atom. The average Bonchev–Trinajstić information content (AvgIpc) is 2.41. The third-order valence-corrected chi connectivity index (χ3v) is 4.34. The van der Waals surface area contributed by atoms with Gasteiger partial charge in [-0.15, -0.1) is 0 Å². The van der Waals surface area contributed by atoms with Crippen LogP contribution in [-0.4, -0.2) is 48.8 Å². The Hall–Kier alpha value is -0.0100. The molecule has 19 heavy (non-hydrogen) atoms. The fourth-order valence-corrected chi connectivity index (χ4v) is 3.24. The van der Waals surface area contributed by atoms with Crippen LogP contribution in [0.2, 0.25) is 0 Å². The molecule has 2 heterocycles. The summed E-state index contributed by atoms with van der Waals surface area (Å²) in [5, 5.41) is 3.42. The molecule has 0 aliphatic carbocycles. The second-order valence-electron chi connectivity index (χ2n) is 4.60. The first kappa shape index (κ1) is 15.4. The van der Waals surface area contributed by atoms with Crippen LogP contribution in [0.5, 0.6) is 0 Å². The van der Waals surface area contributed by atoms with E-state index in [4.69, 9.17) is 4.74 Å². The number of halogens is 2. The molecule has 1 N–H and O–H groups in total. The minimum absolute atomic E-state index is 0.280. The van der Waals surface area contributed by atoms with E-state index in [2.05, 4.69) is 54.0 Å². The number of hydrogen-bond donors (Lipinski definition) is 1. The number of hydrogen-bond acceptors (Lipinski definition) is 4. The molecule has 1 aliphatic rings. The second kappa shape index (κ2) is 7.69. The summed E-state index contributed by atoms with van der Waals surface area (Å²) in [6, 6.07) is 2.01. The Bertz CT molecular complexity index is 417. The highest BCUT2D eigenvalue weighted by Gasteiger charge is 2.18. The summed E-state index contributed by atoms with van der Waals surface area (Å²) < 4.78 is 7.76. The van der Waals surface area contributed by atoms with Crippen LogP contribution >= 0.6 is 31.9 Å². The van der Waals surface area contributed by atoms with Crippen LogP contribution in [0.25, 0.3) is 0 Å². The Morgan fingerprint density at radius 1 is 1.53 bits per heavy atom. The number of morpholine rings is 1. The zero-order valence-electron chi connectivity index (χ0n) is 11.0. The topological polar surface area (TPSA) is 37.4 Å². The zero-order valence-corrected chi connectivity index (χ0v) is 14.2. The molecule has 0 radical (unpaired) electrons. The molecule has 0 amide bonds. The molecule has 1 fully saturated rings. The molecular weight excluding hydrogens is 374 g/mol. The summed E-state index contributed by atoms with van der Waals surface area (Å²) in [7, 11) is 0. The van der Waals surface area contributed by atoms with Crippen molar-refractivity contribution in [2.45, 2.75) is 19.6 Å². The monoisotopic (exact) mass is 391 g/mol. The van der Waals surface area contributed by atoms with Gasteiger partial charge in [-0.05, 0) is 44.5 Å². The highest BCUT2D eigenvalue weighted by Crippen LogP contribution is 2.19. The Morgan fingerprint density at radius 3 is 3.11 bits per heavy atom. The van der Waals surface area contributed by atoms with Gasteiger partial charge in [-0.25, -0.2) is 0 Å². The summed E-state index contributed by atoms with van der Waals surface area (Å²) >= 11 is 6.93. The van der Waals surface area contributed by atoms with E-state index >= 15 is 0 Å². The van der Waals surface area contributed by atoms with Gasteiger partial charge in [-0.1, -0.05) is 6.92 Å². The standard InChI is InChI=1S/C13H19Br2N3O/c1-2-18-3-4-19-11(9-18)7-16-8-13-12(15)5-10(14)6-17-13/h5-6,11,16H,2-4,7-9H2,1H3. The molecule has 0 saturated carbocycles. The minimum Gasteiger partial charge on any atom is -0.374 e. The van der Waals surface area contributed by atoms with Crippen molar-refractivity contribution in [1.82, 2.24) is 15.2 Å². The Labute approximate surface area is 131 Å². The molecular formula is C13H19Br2N3O. The number of pyridine rings is 1. The second-order valence-corrected chi connectivity index (χ2v) is 6.37. The number of ether oxygens (including phenoxy) is 1. The number of nitrogens with zero attached hydrogens (tertiary/aromatic N) is 2. The molecule has 0 bridgehead atoms. The third-order valence-electron chi connectivity index (χ3n) is 3.22. The lowest BCUT2D eigenvalue weighted by Crippen LogP contribution is -2.46. The molecule has 4 nitrogen and oxygen atoms in total. The van der Waals surface area contributed by atoms with Gasteiger partial charge in [0.1, 0.15) is 0 Å². The maximum absolute atomic E-state index is 5.75. The zero-order chi connectivity index (χ0) is 13.7. The van der Waals surface area contributed by atoms with Crippen molar-refractivity contribution in [1.29, 1.82) is 0 Å². The molecule has 2 rings (SSSR count). The van der Waals surface area contributed by atoms with Crippen molar-refractivity contribution in [3.63, 3.8) is 0 Å². The van der Waals surface area contributed by atoms with E-state index < -0.39 is 0 Å². The molecule has 1 unspecified atom stereocenters. The van der Waals surface area contributed by atoms with E-state index in [1.54, 1.807) is 0 Å². The number of nitrogens with one attached hydrogen (secondary N) is 1. The number of rotatable bonds is 5. The number of aromatic nitrogens is 1. The van der Waals surface area contributed by atoms with Crippen molar-refractivity contribution in [3.05, 3.63) is 26.9 Å². The van der Waals surface area contributed by atoms with Gasteiger partial charge in [-0.2, -0.15) is 0 Å². The van der Waals surface area contributed by atoms with Gasteiger partial charge in [-0.3, -0.25) is 9.88 Å². The van der Waals surface area contributed by atoms with Crippen LogP contribution in [-0.2, 0) is 11.3 Å². The summed E-state index contributed by atoms with van der Waals surface area (Å²) in [5.41, 5.74) is 1.02. The van der Waals surface area contributed by atoms with E-state index in [1.807, 2.05) is 12.3 Å². The summed E-state index contributed by atoms with van der Waals surface area (Å²) in [6.45, 7) is 7.80. The van der Waals surface area contributed by atoms with Crippen LogP contribution in [0, 0.1) is 0 Å². The highest BCUT2D eigenvalue weighted by molar-refractivity contribution is 9.11. The van der Waals surface area contributed by atoms with Gasteiger partial charge in [0.25, 0.3) is 0 Å². The predicted octanol–water partition coefficient (Wildman–Crippen LogP) is 2.42. The van der Waals surface area contributed by atoms with Gasteiger partial charge in [0, 0.05) is 41.3 Å². The fourth-order valence-electron chi connectivity index (χ4n) is 2.12. The molecule has 0 aromatic carbocycles. The smallest absolute Gasteiger partial charge is 0.0826 e. The fraction of sp³-hybridized carbons (Fsp3) is 0.615. The van der Waals surface area contributed by atoms with Crippen molar-refractivity contribution in [2.75, 3.05) is 32.8 Å². The first-order valence-corrected chi connectivity index (χ1v) is 8.12. The van der Waals surface area contributed by atoms with Crippen LogP contribution in [0.1, 0.15) is 12.6 Å². The van der Waals surface area contributed by atoms with Gasteiger partial charge in [0.05, 0.1) is 18.4 Å². The van der Waals surface area contributed by atoms with E-state index in [9.17, 15) is 0 Å². The van der Waals surface area contributed by atoms with Crippen molar-refractivity contribution < 1.29 is 4.74 Å². The van der Waals surface area contributed by atoms with E-state index in [1.165, 1.54) is 0 Å². The molecule has 1 atom stereocenters. The first-order chi connectivity index (χ1) is 9.19. The van der Waals surface area contributed by atoms with Crippen LogP contribution < -0.4 is 5.32 Å². The quantitative estimate of drug-likeness (QED) is 0.834. The predicted molar refractivity (Wildman–Crippen MR) is 83.2 cm³/mol. The maximum atomic E-state index is 5.75. The third kappa shape index (κ3) is 4.79. The van der Waals surface area contributed by atoms with Crippen LogP contribution in [0.4, 0.5) is 0 Å². The lowest BCUT2D eigenvalue weighted by molar-refractivity contribution is -0.0254. The molecule has 1 aromatic heterocycles. The molecule has 0 spiro atoms. The molecule has 6 heteroatoms. The van der Waals surface area contributed by atoms with Crippen molar-refractivity contribution in [3.8, 4) is 0 Å². The lowest BCUT2D eigenvalue weighted by Gasteiger charge is -2.32. The first-order valence-electron chi connectivity index (χ1n) is 6.53. The average molecular weight is 393 g/mol. The Kier molecular flexibility index (Phi) is 6.22. The van der Waals surface area contributed by atoms with Crippen LogP contribution in [0.15, 0.2) is 21.2 Å². The Balaban J connectivity index is 1.76.